The number of anilines is 1. The first-order valence-corrected chi connectivity index (χ1v) is 8.86. The molecular weight excluding hydrogens is 330 g/mol. The summed E-state index contributed by atoms with van der Waals surface area (Å²) in [6, 6.07) is 7.82. The maximum Gasteiger partial charge on any atom is 0.265 e. The van der Waals surface area contributed by atoms with Crippen molar-refractivity contribution in [2.24, 2.45) is 5.41 Å². The van der Waals surface area contributed by atoms with Crippen LogP contribution in [0, 0.1) is 5.41 Å². The summed E-state index contributed by atoms with van der Waals surface area (Å²) in [4.78, 5) is 14.3. The molecule has 21 heavy (non-hydrogen) atoms. The number of hydrogen-bond donors (Lipinski definition) is 0. The predicted molar refractivity (Wildman–Crippen MR) is 90.3 cm³/mol. The highest BCUT2D eigenvalue weighted by atomic mass is 79.9. The van der Waals surface area contributed by atoms with Gasteiger partial charge in [-0.05, 0) is 30.4 Å². The number of fused-ring (bicyclic) bond motifs is 1. The first-order chi connectivity index (χ1) is 10.2. The molecule has 0 fully saturated rings. The first-order valence-electron chi connectivity index (χ1n) is 7.74. The molecule has 1 aromatic carbocycles. The summed E-state index contributed by atoms with van der Waals surface area (Å²) in [6.45, 7) is 5.33. The van der Waals surface area contributed by atoms with Crippen molar-refractivity contribution < 1.29 is 9.53 Å². The van der Waals surface area contributed by atoms with Crippen LogP contribution in [0.4, 0.5) is 5.69 Å². The number of para-hydroxylation sites is 2. The summed E-state index contributed by atoms with van der Waals surface area (Å²) in [7, 11) is 0. The second kappa shape index (κ2) is 7.30. The quantitative estimate of drug-likeness (QED) is 0.680. The highest BCUT2D eigenvalue weighted by Crippen LogP contribution is 2.38. The zero-order valence-electron chi connectivity index (χ0n) is 12.9. The van der Waals surface area contributed by atoms with Crippen LogP contribution in [0.2, 0.25) is 0 Å². The van der Waals surface area contributed by atoms with Crippen LogP contribution in [0.1, 0.15) is 39.5 Å². The largest absolute Gasteiger partial charge is 0.482 e. The standard InChI is InChI=1S/C17H24BrNO2/c1-3-9-17(12-18,10-4-2)13-19-14-7-5-6-8-15(14)21-11-16(19)20/h5-8H,3-4,9-13H2,1-2H3. The number of amides is 1. The van der Waals surface area contributed by atoms with Gasteiger partial charge in [-0.25, -0.2) is 0 Å². The Hall–Kier alpha value is -1.03. The Morgan fingerprint density at radius 3 is 2.52 bits per heavy atom. The fourth-order valence-electron chi connectivity index (χ4n) is 3.18. The second-order valence-electron chi connectivity index (χ2n) is 5.87. The van der Waals surface area contributed by atoms with Crippen molar-refractivity contribution >= 4 is 27.5 Å². The Morgan fingerprint density at radius 1 is 1.24 bits per heavy atom. The summed E-state index contributed by atoms with van der Waals surface area (Å²) in [5, 5.41) is 0.925. The summed E-state index contributed by atoms with van der Waals surface area (Å²) in [5.41, 5.74) is 1.05. The topological polar surface area (TPSA) is 29.5 Å². The number of benzene rings is 1. The van der Waals surface area contributed by atoms with E-state index in [4.69, 9.17) is 4.74 Å². The maximum absolute atomic E-state index is 12.3. The molecule has 0 saturated heterocycles. The number of carbonyl (C=O) groups is 1. The molecule has 0 bridgehead atoms. The molecule has 0 saturated carbocycles. The van der Waals surface area contributed by atoms with E-state index in [1.807, 2.05) is 29.2 Å². The van der Waals surface area contributed by atoms with E-state index in [0.29, 0.717) is 0 Å². The van der Waals surface area contributed by atoms with Gasteiger partial charge >= 0.3 is 0 Å². The number of hydrogen-bond acceptors (Lipinski definition) is 2. The Bertz CT molecular complexity index is 483. The average molecular weight is 354 g/mol. The highest BCUT2D eigenvalue weighted by molar-refractivity contribution is 9.09. The van der Waals surface area contributed by atoms with Crippen molar-refractivity contribution in [3.8, 4) is 5.75 Å². The summed E-state index contributed by atoms with van der Waals surface area (Å²) in [5.74, 6) is 0.875. The summed E-state index contributed by atoms with van der Waals surface area (Å²) < 4.78 is 5.53. The van der Waals surface area contributed by atoms with Gasteiger partial charge in [-0.2, -0.15) is 0 Å². The molecule has 1 aromatic rings. The van der Waals surface area contributed by atoms with Gasteiger partial charge in [0.05, 0.1) is 5.69 Å². The van der Waals surface area contributed by atoms with E-state index in [-0.39, 0.29) is 17.9 Å². The predicted octanol–water partition coefficient (Wildman–Crippen LogP) is 4.39. The van der Waals surface area contributed by atoms with Gasteiger partial charge in [0, 0.05) is 11.9 Å². The lowest BCUT2D eigenvalue weighted by Crippen LogP contribution is -2.46. The minimum atomic E-state index is 0.0613. The summed E-state index contributed by atoms with van der Waals surface area (Å²) >= 11 is 3.69. The van der Waals surface area contributed by atoms with Gasteiger partial charge in [-0.1, -0.05) is 54.8 Å². The fraction of sp³-hybridized carbons (Fsp3) is 0.588. The lowest BCUT2D eigenvalue weighted by molar-refractivity contribution is -0.121. The minimum absolute atomic E-state index is 0.0613. The van der Waals surface area contributed by atoms with Crippen LogP contribution < -0.4 is 9.64 Å². The molecule has 1 aliphatic rings. The number of halogens is 1. The molecular formula is C17H24BrNO2. The zero-order valence-corrected chi connectivity index (χ0v) is 14.5. The maximum atomic E-state index is 12.3. The molecule has 2 rings (SSSR count). The molecule has 0 radical (unpaired) electrons. The number of ether oxygens (including phenoxy) is 1. The Labute approximate surface area is 135 Å². The van der Waals surface area contributed by atoms with Gasteiger partial charge in [0.2, 0.25) is 0 Å². The molecule has 0 atom stereocenters. The van der Waals surface area contributed by atoms with Gasteiger partial charge in [-0.3, -0.25) is 4.79 Å². The van der Waals surface area contributed by atoms with Gasteiger partial charge in [0.1, 0.15) is 5.75 Å². The van der Waals surface area contributed by atoms with E-state index in [0.717, 1.165) is 49.0 Å². The Balaban J connectivity index is 2.29. The molecule has 4 heteroatoms. The first kappa shape index (κ1) is 16.3. The monoisotopic (exact) mass is 353 g/mol. The van der Waals surface area contributed by atoms with Crippen LogP contribution in [-0.4, -0.2) is 24.4 Å². The van der Waals surface area contributed by atoms with Crippen LogP contribution in [0.25, 0.3) is 0 Å². The molecule has 116 valence electrons. The minimum Gasteiger partial charge on any atom is -0.482 e. The van der Waals surface area contributed by atoms with Crippen LogP contribution in [-0.2, 0) is 4.79 Å². The third-order valence-corrected chi connectivity index (χ3v) is 5.34. The third kappa shape index (κ3) is 3.60. The van der Waals surface area contributed by atoms with E-state index in [9.17, 15) is 4.79 Å². The van der Waals surface area contributed by atoms with Gasteiger partial charge in [-0.15, -0.1) is 0 Å². The van der Waals surface area contributed by atoms with Crippen molar-refractivity contribution in [1.82, 2.24) is 0 Å². The molecule has 0 aliphatic carbocycles. The molecule has 3 nitrogen and oxygen atoms in total. The van der Waals surface area contributed by atoms with Crippen molar-refractivity contribution in [2.75, 3.05) is 23.4 Å². The van der Waals surface area contributed by atoms with Gasteiger partial charge < -0.3 is 9.64 Å². The van der Waals surface area contributed by atoms with E-state index >= 15 is 0 Å². The average Bonchev–Trinajstić information content (AvgIpc) is 2.50. The van der Waals surface area contributed by atoms with Crippen molar-refractivity contribution in [3.63, 3.8) is 0 Å². The van der Waals surface area contributed by atoms with E-state index < -0.39 is 0 Å². The zero-order chi connectivity index (χ0) is 15.3. The third-order valence-electron chi connectivity index (χ3n) is 4.15. The molecule has 1 amide bonds. The molecule has 0 spiro atoms. The molecule has 1 aliphatic heterocycles. The number of nitrogens with zero attached hydrogens (tertiary/aromatic N) is 1. The molecule has 0 aromatic heterocycles. The Kier molecular flexibility index (Phi) is 5.68. The van der Waals surface area contributed by atoms with E-state index in [1.54, 1.807) is 0 Å². The lowest BCUT2D eigenvalue weighted by Gasteiger charge is -2.39. The molecule has 0 N–H and O–H groups in total. The van der Waals surface area contributed by atoms with E-state index in [1.165, 1.54) is 0 Å². The van der Waals surface area contributed by atoms with Crippen molar-refractivity contribution in [3.05, 3.63) is 24.3 Å². The highest BCUT2D eigenvalue weighted by Gasteiger charge is 2.35. The number of alkyl halides is 1. The number of rotatable bonds is 7. The molecule has 1 heterocycles. The van der Waals surface area contributed by atoms with Gasteiger partial charge in [0.25, 0.3) is 5.91 Å². The SMILES string of the molecule is CCCC(CBr)(CCC)CN1C(=O)COc2ccccc21. The lowest BCUT2D eigenvalue weighted by atomic mass is 9.80. The fourth-order valence-corrected chi connectivity index (χ4v) is 3.92. The van der Waals surface area contributed by atoms with Crippen molar-refractivity contribution in [1.29, 1.82) is 0 Å². The second-order valence-corrected chi connectivity index (χ2v) is 6.43. The summed E-state index contributed by atoms with van der Waals surface area (Å²) in [6.07, 6.45) is 4.51. The van der Waals surface area contributed by atoms with E-state index in [2.05, 4.69) is 29.8 Å². The Morgan fingerprint density at radius 2 is 1.90 bits per heavy atom. The van der Waals surface area contributed by atoms with Crippen LogP contribution in [0.5, 0.6) is 5.75 Å². The number of carbonyl (C=O) groups excluding carboxylic acids is 1. The molecule has 0 unspecified atom stereocenters. The van der Waals surface area contributed by atoms with Crippen LogP contribution >= 0.6 is 15.9 Å². The smallest absolute Gasteiger partial charge is 0.265 e. The van der Waals surface area contributed by atoms with Crippen LogP contribution in [0.3, 0.4) is 0 Å². The van der Waals surface area contributed by atoms with Crippen molar-refractivity contribution in [2.45, 2.75) is 39.5 Å². The van der Waals surface area contributed by atoms with Gasteiger partial charge in [0.15, 0.2) is 6.61 Å². The normalized spacial score (nSPS) is 14.8. The van der Waals surface area contributed by atoms with Crippen LogP contribution in [0.15, 0.2) is 24.3 Å².